The fourth-order valence-electron chi connectivity index (χ4n) is 2.68. The smallest absolute Gasteiger partial charge is 0.159 e. The second-order valence-electron chi connectivity index (χ2n) is 5.22. The minimum absolute atomic E-state index is 0.0152. The van der Waals surface area contributed by atoms with Gasteiger partial charge in [0.15, 0.2) is 6.29 Å². The Morgan fingerprint density at radius 2 is 2.05 bits per heavy atom. The van der Waals surface area contributed by atoms with Gasteiger partial charge in [-0.15, -0.1) is 0 Å². The minimum Gasteiger partial charge on any atom is -0.487 e. The number of benzene rings is 1. The van der Waals surface area contributed by atoms with E-state index in [9.17, 15) is 0 Å². The summed E-state index contributed by atoms with van der Waals surface area (Å²) in [5.41, 5.74) is 0. The number of hydrogen-bond donors (Lipinski definition) is 0. The highest BCUT2D eigenvalue weighted by Crippen LogP contribution is 2.26. The van der Waals surface area contributed by atoms with Gasteiger partial charge < -0.3 is 14.2 Å². The summed E-state index contributed by atoms with van der Waals surface area (Å²) in [5, 5.41) is 0.679. The Balaban J connectivity index is 1.43. The van der Waals surface area contributed by atoms with Crippen LogP contribution < -0.4 is 4.74 Å². The molecule has 1 aromatic carbocycles. The van der Waals surface area contributed by atoms with Gasteiger partial charge in [0, 0.05) is 26.1 Å². The van der Waals surface area contributed by atoms with Crippen molar-refractivity contribution >= 4 is 11.6 Å². The Morgan fingerprint density at radius 3 is 2.85 bits per heavy atom. The van der Waals surface area contributed by atoms with Gasteiger partial charge in [0.1, 0.15) is 11.9 Å². The van der Waals surface area contributed by atoms with Crippen LogP contribution in [-0.2, 0) is 9.47 Å². The molecule has 0 aliphatic carbocycles. The Morgan fingerprint density at radius 1 is 1.25 bits per heavy atom. The molecule has 0 aromatic heterocycles. The van der Waals surface area contributed by atoms with Gasteiger partial charge >= 0.3 is 0 Å². The monoisotopic (exact) mass is 297 g/mol. The summed E-state index contributed by atoms with van der Waals surface area (Å²) in [4.78, 5) is 2.40. The SMILES string of the molecule is Clc1ccccc1O[C@H]1CCN(CCC2OCCO2)C1. The molecular formula is C15H20ClNO3. The standard InChI is InChI=1S/C15H20ClNO3/c16-13-3-1-2-4-14(13)20-12-5-7-17(11-12)8-6-15-18-9-10-19-15/h1-4,12,15H,5-11H2/t12-/m0/s1. The molecule has 110 valence electrons. The minimum atomic E-state index is -0.0152. The van der Waals surface area contributed by atoms with Crippen LogP contribution in [0.1, 0.15) is 12.8 Å². The number of hydrogen-bond acceptors (Lipinski definition) is 4. The van der Waals surface area contributed by atoms with Crippen LogP contribution in [0.25, 0.3) is 0 Å². The first-order chi connectivity index (χ1) is 9.81. The molecule has 0 unspecified atom stereocenters. The molecule has 0 N–H and O–H groups in total. The van der Waals surface area contributed by atoms with Gasteiger partial charge in [0.05, 0.1) is 18.2 Å². The van der Waals surface area contributed by atoms with Crippen LogP contribution in [0.15, 0.2) is 24.3 Å². The second kappa shape index (κ2) is 6.76. The molecule has 20 heavy (non-hydrogen) atoms. The summed E-state index contributed by atoms with van der Waals surface area (Å²) in [5.74, 6) is 0.781. The summed E-state index contributed by atoms with van der Waals surface area (Å²) >= 11 is 6.11. The molecule has 5 heteroatoms. The first kappa shape index (κ1) is 14.1. The van der Waals surface area contributed by atoms with E-state index in [1.54, 1.807) is 0 Å². The highest BCUT2D eigenvalue weighted by atomic mass is 35.5. The first-order valence-electron chi connectivity index (χ1n) is 7.18. The molecule has 0 saturated carbocycles. The van der Waals surface area contributed by atoms with E-state index in [1.165, 1.54) is 0 Å². The van der Waals surface area contributed by atoms with E-state index < -0.39 is 0 Å². The topological polar surface area (TPSA) is 30.9 Å². The number of likely N-dealkylation sites (tertiary alicyclic amines) is 1. The van der Waals surface area contributed by atoms with Gasteiger partial charge in [-0.3, -0.25) is 4.90 Å². The van der Waals surface area contributed by atoms with E-state index in [4.69, 9.17) is 25.8 Å². The van der Waals surface area contributed by atoms with Crippen LogP contribution in [0, 0.1) is 0 Å². The summed E-state index contributed by atoms with van der Waals surface area (Å²) in [6.45, 7) is 4.44. The average molecular weight is 298 g/mol. The summed E-state index contributed by atoms with van der Waals surface area (Å²) in [6, 6.07) is 7.64. The van der Waals surface area contributed by atoms with Gasteiger partial charge in [0.2, 0.25) is 0 Å². The quantitative estimate of drug-likeness (QED) is 0.836. The molecule has 0 amide bonds. The third-order valence-electron chi connectivity index (χ3n) is 3.73. The maximum Gasteiger partial charge on any atom is 0.159 e. The van der Waals surface area contributed by atoms with Crippen molar-refractivity contribution in [2.45, 2.75) is 25.2 Å². The summed E-state index contributed by atoms with van der Waals surface area (Å²) in [7, 11) is 0. The predicted octanol–water partition coefficient (Wildman–Crippen LogP) is 2.56. The molecule has 0 radical (unpaired) electrons. The molecule has 0 bridgehead atoms. The molecule has 2 fully saturated rings. The van der Waals surface area contributed by atoms with Gasteiger partial charge in [-0.25, -0.2) is 0 Å². The second-order valence-corrected chi connectivity index (χ2v) is 5.63. The van der Waals surface area contributed by atoms with Gasteiger partial charge in [-0.1, -0.05) is 23.7 Å². The third-order valence-corrected chi connectivity index (χ3v) is 4.04. The Bertz CT molecular complexity index is 437. The van der Waals surface area contributed by atoms with Crippen molar-refractivity contribution < 1.29 is 14.2 Å². The van der Waals surface area contributed by atoms with E-state index in [0.717, 1.165) is 51.4 Å². The van der Waals surface area contributed by atoms with Gasteiger partial charge in [0.25, 0.3) is 0 Å². The average Bonchev–Trinajstić information content (AvgIpc) is 3.10. The van der Waals surface area contributed by atoms with Crippen LogP contribution in [-0.4, -0.2) is 50.1 Å². The Labute approximate surface area is 124 Å². The lowest BCUT2D eigenvalue weighted by Gasteiger charge is -2.18. The molecule has 2 aliphatic heterocycles. The zero-order valence-electron chi connectivity index (χ0n) is 11.5. The Kier molecular flexibility index (Phi) is 4.78. The normalized spacial score (nSPS) is 24.4. The maximum atomic E-state index is 6.11. The zero-order chi connectivity index (χ0) is 13.8. The van der Waals surface area contributed by atoms with E-state index in [2.05, 4.69) is 4.90 Å². The van der Waals surface area contributed by atoms with Crippen LogP contribution in [0.2, 0.25) is 5.02 Å². The number of halogens is 1. The van der Waals surface area contributed by atoms with E-state index in [-0.39, 0.29) is 12.4 Å². The van der Waals surface area contributed by atoms with Crippen molar-refractivity contribution in [3.63, 3.8) is 0 Å². The number of nitrogens with zero attached hydrogens (tertiary/aromatic N) is 1. The van der Waals surface area contributed by atoms with Crippen LogP contribution in [0.4, 0.5) is 0 Å². The lowest BCUT2D eigenvalue weighted by Crippen LogP contribution is -2.28. The lowest BCUT2D eigenvalue weighted by molar-refractivity contribution is -0.0509. The van der Waals surface area contributed by atoms with E-state index in [1.807, 2.05) is 24.3 Å². The lowest BCUT2D eigenvalue weighted by atomic mass is 10.3. The van der Waals surface area contributed by atoms with Crippen molar-refractivity contribution in [2.24, 2.45) is 0 Å². The van der Waals surface area contributed by atoms with E-state index >= 15 is 0 Å². The fourth-order valence-corrected chi connectivity index (χ4v) is 2.86. The molecule has 4 nitrogen and oxygen atoms in total. The largest absolute Gasteiger partial charge is 0.487 e. The highest BCUT2D eigenvalue weighted by Gasteiger charge is 2.26. The molecule has 1 aromatic rings. The molecule has 2 aliphatic rings. The first-order valence-corrected chi connectivity index (χ1v) is 7.56. The number of para-hydroxylation sites is 1. The maximum absolute atomic E-state index is 6.11. The van der Waals surface area contributed by atoms with Crippen molar-refractivity contribution in [3.8, 4) is 5.75 Å². The molecule has 2 saturated heterocycles. The van der Waals surface area contributed by atoms with Crippen LogP contribution in [0.5, 0.6) is 5.75 Å². The summed E-state index contributed by atoms with van der Waals surface area (Å²) < 4.78 is 16.9. The predicted molar refractivity (Wildman–Crippen MR) is 77.2 cm³/mol. The van der Waals surface area contributed by atoms with Gasteiger partial charge in [-0.05, 0) is 18.6 Å². The van der Waals surface area contributed by atoms with E-state index in [0.29, 0.717) is 5.02 Å². The van der Waals surface area contributed by atoms with Crippen molar-refractivity contribution in [2.75, 3.05) is 32.8 Å². The number of ether oxygens (including phenoxy) is 3. The molecule has 0 spiro atoms. The third kappa shape index (κ3) is 3.64. The van der Waals surface area contributed by atoms with Crippen molar-refractivity contribution in [1.29, 1.82) is 0 Å². The molecule has 2 heterocycles. The van der Waals surface area contributed by atoms with Gasteiger partial charge in [-0.2, -0.15) is 0 Å². The molecule has 1 atom stereocenters. The molecule has 3 rings (SSSR count). The fraction of sp³-hybridized carbons (Fsp3) is 0.600. The van der Waals surface area contributed by atoms with Crippen LogP contribution in [0.3, 0.4) is 0 Å². The van der Waals surface area contributed by atoms with Crippen molar-refractivity contribution in [1.82, 2.24) is 4.90 Å². The highest BCUT2D eigenvalue weighted by molar-refractivity contribution is 6.32. The molecular weight excluding hydrogens is 278 g/mol. The summed E-state index contributed by atoms with van der Waals surface area (Å²) in [6.07, 6.45) is 2.18. The van der Waals surface area contributed by atoms with Crippen LogP contribution >= 0.6 is 11.6 Å². The zero-order valence-corrected chi connectivity index (χ0v) is 12.2. The number of rotatable bonds is 5. The Hall–Kier alpha value is -0.810. The van der Waals surface area contributed by atoms with Crippen molar-refractivity contribution in [3.05, 3.63) is 29.3 Å².